The topological polar surface area (TPSA) is 29.9 Å². The highest BCUT2D eigenvalue weighted by molar-refractivity contribution is 5.30. The first-order valence-corrected chi connectivity index (χ1v) is 6.84. The molecule has 0 radical (unpaired) electrons. The Hall–Kier alpha value is -0.990. The lowest BCUT2D eigenvalue weighted by Gasteiger charge is -2.35. The largest absolute Gasteiger partial charge is 0.353 e. The van der Waals surface area contributed by atoms with E-state index >= 15 is 0 Å². The molecular formula is C14H25N3. The number of aryl methyl sites for hydroxylation is 2. The van der Waals surface area contributed by atoms with Crippen molar-refractivity contribution in [2.45, 2.75) is 52.5 Å². The van der Waals surface area contributed by atoms with Gasteiger partial charge in [-0.25, -0.2) is 4.98 Å². The summed E-state index contributed by atoms with van der Waals surface area (Å²) in [5.41, 5.74) is 1.09. The molecule has 0 spiro atoms. The van der Waals surface area contributed by atoms with E-state index in [1.807, 2.05) is 6.92 Å². The van der Waals surface area contributed by atoms with Crippen LogP contribution in [0.2, 0.25) is 0 Å². The highest BCUT2D eigenvalue weighted by Crippen LogP contribution is 2.32. The van der Waals surface area contributed by atoms with Crippen LogP contribution in [0.4, 0.5) is 5.95 Å². The zero-order chi connectivity index (χ0) is 12.4. The van der Waals surface area contributed by atoms with Crippen LogP contribution in [0.1, 0.15) is 45.2 Å². The van der Waals surface area contributed by atoms with Gasteiger partial charge < -0.3 is 9.88 Å². The fraction of sp³-hybridized carbons (Fsp3) is 0.786. The van der Waals surface area contributed by atoms with Gasteiger partial charge in [-0.15, -0.1) is 0 Å². The van der Waals surface area contributed by atoms with E-state index in [1.165, 1.54) is 25.7 Å². The second-order valence-electron chi connectivity index (χ2n) is 5.76. The maximum absolute atomic E-state index is 4.55. The molecule has 17 heavy (non-hydrogen) atoms. The van der Waals surface area contributed by atoms with Gasteiger partial charge in [0.05, 0.1) is 5.69 Å². The van der Waals surface area contributed by atoms with Crippen LogP contribution in [-0.4, -0.2) is 15.6 Å². The molecule has 1 aromatic rings. The summed E-state index contributed by atoms with van der Waals surface area (Å²) in [7, 11) is 2.07. The van der Waals surface area contributed by atoms with Gasteiger partial charge in [0.15, 0.2) is 0 Å². The van der Waals surface area contributed by atoms with Crippen molar-refractivity contribution in [3.05, 3.63) is 11.9 Å². The molecule has 0 aliphatic heterocycles. The van der Waals surface area contributed by atoms with E-state index in [0.717, 1.165) is 23.5 Å². The van der Waals surface area contributed by atoms with Crippen molar-refractivity contribution >= 4 is 5.95 Å². The lowest BCUT2D eigenvalue weighted by Crippen LogP contribution is -2.36. The quantitative estimate of drug-likeness (QED) is 0.870. The third kappa shape index (κ3) is 2.82. The average molecular weight is 235 g/mol. The van der Waals surface area contributed by atoms with E-state index in [9.17, 15) is 0 Å². The van der Waals surface area contributed by atoms with Gasteiger partial charge in [-0.05, 0) is 31.6 Å². The van der Waals surface area contributed by atoms with E-state index < -0.39 is 0 Å². The second kappa shape index (κ2) is 5.11. The molecule has 1 aliphatic carbocycles. The third-order valence-electron chi connectivity index (χ3n) is 3.99. The van der Waals surface area contributed by atoms with Crippen LogP contribution < -0.4 is 5.32 Å². The number of anilines is 1. The summed E-state index contributed by atoms with van der Waals surface area (Å²) in [5.74, 6) is 2.58. The van der Waals surface area contributed by atoms with Crippen LogP contribution >= 0.6 is 0 Å². The predicted octanol–water partition coefficient (Wildman–Crippen LogP) is 3.36. The molecule has 0 aromatic carbocycles. The number of aromatic nitrogens is 2. The molecule has 1 fully saturated rings. The standard InChI is InChI=1S/C14H25N3/c1-10(2)12-7-5-6-8-13(12)16-14-15-11(3)9-17(14)4/h9-10,12-13H,5-8H2,1-4H3,(H,15,16). The number of imidazole rings is 1. The molecule has 2 atom stereocenters. The van der Waals surface area contributed by atoms with Gasteiger partial charge in [0.1, 0.15) is 0 Å². The molecule has 3 heteroatoms. The summed E-state index contributed by atoms with van der Waals surface area (Å²) < 4.78 is 2.10. The molecule has 1 N–H and O–H groups in total. The fourth-order valence-electron chi connectivity index (χ4n) is 3.05. The van der Waals surface area contributed by atoms with E-state index in [0.29, 0.717) is 6.04 Å². The van der Waals surface area contributed by atoms with Gasteiger partial charge in [-0.3, -0.25) is 0 Å². The number of nitrogens with one attached hydrogen (secondary N) is 1. The van der Waals surface area contributed by atoms with Crippen molar-refractivity contribution in [2.75, 3.05) is 5.32 Å². The lowest BCUT2D eigenvalue weighted by atomic mass is 9.78. The van der Waals surface area contributed by atoms with E-state index in [1.54, 1.807) is 0 Å². The van der Waals surface area contributed by atoms with Gasteiger partial charge in [-0.1, -0.05) is 26.7 Å². The summed E-state index contributed by atoms with van der Waals surface area (Å²) in [6.07, 6.45) is 7.47. The zero-order valence-electron chi connectivity index (χ0n) is 11.5. The Bertz CT molecular complexity index is 368. The summed E-state index contributed by atoms with van der Waals surface area (Å²) in [4.78, 5) is 4.55. The van der Waals surface area contributed by atoms with E-state index in [2.05, 4.69) is 42.0 Å². The van der Waals surface area contributed by atoms with Gasteiger partial charge >= 0.3 is 0 Å². The molecule has 0 bridgehead atoms. The van der Waals surface area contributed by atoms with Crippen molar-refractivity contribution in [1.29, 1.82) is 0 Å². The second-order valence-corrected chi connectivity index (χ2v) is 5.76. The van der Waals surface area contributed by atoms with Gasteiger partial charge in [0, 0.05) is 19.3 Å². The molecule has 1 aliphatic rings. The third-order valence-corrected chi connectivity index (χ3v) is 3.99. The summed E-state index contributed by atoms with van der Waals surface area (Å²) in [5, 5.41) is 3.65. The first kappa shape index (κ1) is 12.5. The molecule has 2 rings (SSSR count). The van der Waals surface area contributed by atoms with Crippen molar-refractivity contribution in [2.24, 2.45) is 18.9 Å². The number of hydrogen-bond donors (Lipinski definition) is 1. The Morgan fingerprint density at radius 3 is 2.65 bits per heavy atom. The first-order chi connectivity index (χ1) is 8.08. The van der Waals surface area contributed by atoms with Crippen LogP contribution in [0.3, 0.4) is 0 Å². The average Bonchev–Trinajstić information content (AvgIpc) is 2.58. The Morgan fingerprint density at radius 2 is 2.06 bits per heavy atom. The summed E-state index contributed by atoms with van der Waals surface area (Å²) in [6, 6.07) is 0.601. The minimum Gasteiger partial charge on any atom is -0.353 e. The summed E-state index contributed by atoms with van der Waals surface area (Å²) >= 11 is 0. The monoisotopic (exact) mass is 235 g/mol. The molecule has 1 heterocycles. The highest BCUT2D eigenvalue weighted by atomic mass is 15.2. The van der Waals surface area contributed by atoms with Crippen LogP contribution in [-0.2, 0) is 7.05 Å². The Morgan fingerprint density at radius 1 is 1.35 bits per heavy atom. The molecule has 0 amide bonds. The molecule has 96 valence electrons. The van der Waals surface area contributed by atoms with Crippen molar-refractivity contribution < 1.29 is 0 Å². The zero-order valence-corrected chi connectivity index (χ0v) is 11.5. The Labute approximate surface area is 105 Å². The molecule has 1 saturated carbocycles. The van der Waals surface area contributed by atoms with E-state index in [4.69, 9.17) is 0 Å². The highest BCUT2D eigenvalue weighted by Gasteiger charge is 2.28. The molecule has 2 unspecified atom stereocenters. The maximum Gasteiger partial charge on any atom is 0.203 e. The Kier molecular flexibility index (Phi) is 3.75. The fourth-order valence-corrected chi connectivity index (χ4v) is 3.05. The normalized spacial score (nSPS) is 25.2. The van der Waals surface area contributed by atoms with Crippen LogP contribution in [0.5, 0.6) is 0 Å². The van der Waals surface area contributed by atoms with Crippen molar-refractivity contribution in [3.8, 4) is 0 Å². The van der Waals surface area contributed by atoms with E-state index in [-0.39, 0.29) is 0 Å². The minimum atomic E-state index is 0.601. The van der Waals surface area contributed by atoms with Crippen LogP contribution in [0.15, 0.2) is 6.20 Å². The SMILES string of the molecule is Cc1cn(C)c(NC2CCCCC2C(C)C)n1. The van der Waals surface area contributed by atoms with Crippen molar-refractivity contribution in [3.63, 3.8) is 0 Å². The number of nitrogens with zero attached hydrogens (tertiary/aromatic N) is 2. The lowest BCUT2D eigenvalue weighted by molar-refractivity contribution is 0.253. The number of rotatable bonds is 3. The predicted molar refractivity (Wildman–Crippen MR) is 72.2 cm³/mol. The van der Waals surface area contributed by atoms with Gasteiger partial charge in [0.2, 0.25) is 5.95 Å². The van der Waals surface area contributed by atoms with Gasteiger partial charge in [-0.2, -0.15) is 0 Å². The molecule has 3 nitrogen and oxygen atoms in total. The smallest absolute Gasteiger partial charge is 0.203 e. The molecule has 0 saturated heterocycles. The minimum absolute atomic E-state index is 0.601. The molecule has 1 aromatic heterocycles. The van der Waals surface area contributed by atoms with Crippen LogP contribution in [0, 0.1) is 18.8 Å². The van der Waals surface area contributed by atoms with Gasteiger partial charge in [0.25, 0.3) is 0 Å². The number of hydrogen-bond acceptors (Lipinski definition) is 2. The van der Waals surface area contributed by atoms with Crippen molar-refractivity contribution in [1.82, 2.24) is 9.55 Å². The van der Waals surface area contributed by atoms with Crippen LogP contribution in [0.25, 0.3) is 0 Å². The summed E-state index contributed by atoms with van der Waals surface area (Å²) in [6.45, 7) is 6.73. The molecular weight excluding hydrogens is 210 g/mol. The Balaban J connectivity index is 2.08. The first-order valence-electron chi connectivity index (χ1n) is 6.84. The maximum atomic E-state index is 4.55.